The van der Waals surface area contributed by atoms with Gasteiger partial charge in [-0.05, 0) is 67.4 Å². The van der Waals surface area contributed by atoms with Crippen molar-refractivity contribution in [2.45, 2.75) is 53.4 Å². The molecule has 1 aliphatic rings. The highest BCUT2D eigenvalue weighted by Gasteiger charge is 2.35. The Bertz CT molecular complexity index is 1390. The molecule has 0 saturated carbocycles. The van der Waals surface area contributed by atoms with Crippen molar-refractivity contribution in [3.05, 3.63) is 62.3 Å². The van der Waals surface area contributed by atoms with Crippen LogP contribution in [0.15, 0.2) is 39.5 Å². The summed E-state index contributed by atoms with van der Waals surface area (Å²) in [4.78, 5) is 39.2. The molecule has 0 saturated heterocycles. The number of amides is 1. The number of ether oxygens (including phenoxy) is 1. The van der Waals surface area contributed by atoms with Crippen LogP contribution in [0.3, 0.4) is 0 Å². The van der Waals surface area contributed by atoms with E-state index in [-0.39, 0.29) is 22.7 Å². The van der Waals surface area contributed by atoms with Crippen LogP contribution in [0.4, 0.5) is 5.00 Å². The Morgan fingerprint density at radius 1 is 1.25 bits per heavy atom. The number of para-hydroxylation sites is 1. The van der Waals surface area contributed by atoms with Crippen molar-refractivity contribution < 1.29 is 18.7 Å². The zero-order valence-electron chi connectivity index (χ0n) is 20.9. The molecule has 4 rings (SSSR count). The molecule has 0 spiro atoms. The molecule has 36 heavy (non-hydrogen) atoms. The molecule has 2 heterocycles. The highest BCUT2D eigenvalue weighted by molar-refractivity contribution is 7.80. The number of rotatable bonds is 6. The molecule has 2 aromatic heterocycles. The Labute approximate surface area is 219 Å². The molecule has 1 aliphatic carbocycles. The van der Waals surface area contributed by atoms with Gasteiger partial charge in [0.25, 0.3) is 5.91 Å². The second kappa shape index (κ2) is 10.5. The van der Waals surface area contributed by atoms with Crippen molar-refractivity contribution in [3.8, 4) is 0 Å². The third kappa shape index (κ3) is 5.22. The molecular weight excluding hydrogens is 496 g/mol. The van der Waals surface area contributed by atoms with E-state index in [4.69, 9.17) is 21.4 Å². The second-order valence-electron chi connectivity index (χ2n) is 9.60. The number of anilines is 1. The van der Waals surface area contributed by atoms with E-state index in [9.17, 15) is 14.4 Å². The van der Waals surface area contributed by atoms with E-state index in [1.807, 2.05) is 0 Å². The van der Waals surface area contributed by atoms with Gasteiger partial charge in [0.15, 0.2) is 5.11 Å². The molecule has 190 valence electrons. The van der Waals surface area contributed by atoms with Crippen LogP contribution in [0.5, 0.6) is 0 Å². The Morgan fingerprint density at radius 3 is 2.72 bits per heavy atom. The minimum Gasteiger partial charge on any atom is -0.462 e. The van der Waals surface area contributed by atoms with Crippen molar-refractivity contribution in [1.29, 1.82) is 0 Å². The highest BCUT2D eigenvalue weighted by atomic mass is 32.1. The number of hydrogen-bond acceptors (Lipinski definition) is 7. The predicted octanol–water partition coefficient (Wildman–Crippen LogP) is 5.70. The molecule has 1 amide bonds. The molecule has 1 aromatic carbocycles. The third-order valence-electron chi connectivity index (χ3n) is 7.10. The zero-order valence-corrected chi connectivity index (χ0v) is 22.5. The van der Waals surface area contributed by atoms with Gasteiger partial charge in [0.05, 0.1) is 12.2 Å². The van der Waals surface area contributed by atoms with Crippen molar-refractivity contribution in [3.63, 3.8) is 0 Å². The first-order chi connectivity index (χ1) is 17.1. The summed E-state index contributed by atoms with van der Waals surface area (Å²) in [6, 6.07) is 8.42. The van der Waals surface area contributed by atoms with Crippen LogP contribution in [0.2, 0.25) is 0 Å². The maximum atomic E-state index is 12.9. The Morgan fingerprint density at radius 2 is 2.00 bits per heavy atom. The summed E-state index contributed by atoms with van der Waals surface area (Å²) in [5, 5.41) is 6.72. The van der Waals surface area contributed by atoms with Gasteiger partial charge in [-0.15, -0.1) is 11.3 Å². The van der Waals surface area contributed by atoms with Gasteiger partial charge in [0, 0.05) is 10.3 Å². The van der Waals surface area contributed by atoms with Gasteiger partial charge in [0.2, 0.25) is 0 Å². The van der Waals surface area contributed by atoms with Crippen LogP contribution in [-0.4, -0.2) is 23.6 Å². The number of esters is 1. The van der Waals surface area contributed by atoms with Gasteiger partial charge < -0.3 is 14.5 Å². The summed E-state index contributed by atoms with van der Waals surface area (Å²) in [7, 11) is 0. The summed E-state index contributed by atoms with van der Waals surface area (Å²) in [5.74, 6) is -0.582. The fourth-order valence-electron chi connectivity index (χ4n) is 4.57. The minimum absolute atomic E-state index is 0.0119. The topological polar surface area (TPSA) is 97.6 Å². The van der Waals surface area contributed by atoms with E-state index in [2.05, 4.69) is 31.4 Å². The number of hydrogen-bond donors (Lipinski definition) is 2. The van der Waals surface area contributed by atoms with Crippen molar-refractivity contribution >= 4 is 56.5 Å². The van der Waals surface area contributed by atoms with Gasteiger partial charge in [-0.2, -0.15) is 0 Å². The molecule has 0 aliphatic heterocycles. The summed E-state index contributed by atoms with van der Waals surface area (Å²) in [6.07, 6.45) is 3.74. The molecule has 0 fully saturated rings. The van der Waals surface area contributed by atoms with E-state index in [0.29, 0.717) is 27.5 Å². The summed E-state index contributed by atoms with van der Waals surface area (Å²) < 4.78 is 10.6. The SMILES string of the molecule is CCOC(=O)c1c(NC(=S)NC(=O)c2cc3ccccc3oc2=O)sc2c1CC[C@H](C(C)(C)CC)C2. The average Bonchev–Trinajstić information content (AvgIpc) is 3.20. The van der Waals surface area contributed by atoms with Gasteiger partial charge in [-0.1, -0.05) is 45.4 Å². The largest absolute Gasteiger partial charge is 0.462 e. The smallest absolute Gasteiger partial charge is 0.349 e. The van der Waals surface area contributed by atoms with Gasteiger partial charge in [0.1, 0.15) is 16.1 Å². The third-order valence-corrected chi connectivity index (χ3v) is 8.48. The lowest BCUT2D eigenvalue weighted by molar-refractivity contribution is 0.0526. The molecule has 7 nitrogen and oxygen atoms in total. The number of carbonyl (C=O) groups is 2. The minimum atomic E-state index is -0.752. The van der Waals surface area contributed by atoms with Crippen LogP contribution in [0, 0.1) is 11.3 Å². The number of fused-ring (bicyclic) bond motifs is 2. The molecular formula is C27H30N2O5S2. The van der Waals surface area contributed by atoms with Crippen LogP contribution in [0.25, 0.3) is 11.0 Å². The van der Waals surface area contributed by atoms with Gasteiger partial charge in [-0.25, -0.2) is 9.59 Å². The van der Waals surface area contributed by atoms with Crippen molar-refractivity contribution in [2.24, 2.45) is 11.3 Å². The first-order valence-electron chi connectivity index (χ1n) is 12.1. The normalized spacial score (nSPS) is 15.3. The highest BCUT2D eigenvalue weighted by Crippen LogP contribution is 2.45. The Hall–Kier alpha value is -3.04. The average molecular weight is 527 g/mol. The molecule has 0 bridgehead atoms. The predicted molar refractivity (Wildman–Crippen MR) is 146 cm³/mol. The van der Waals surface area contributed by atoms with Crippen LogP contribution in [0.1, 0.15) is 71.7 Å². The molecule has 3 aromatic rings. The standard InChI is InChI=1S/C27H30N2O5S2/c1-5-27(3,4)16-11-12-17-20(14-16)36-23(21(17)25(32)33-6-2)29-26(35)28-22(30)18-13-15-9-7-8-10-19(15)34-24(18)31/h7-10,13,16H,5-6,11-12,14H2,1-4H3,(H2,28,29,30,35)/t16-/m0/s1. The fraction of sp³-hybridized carbons (Fsp3) is 0.407. The molecule has 1 atom stereocenters. The zero-order chi connectivity index (χ0) is 26.0. The molecule has 9 heteroatoms. The maximum absolute atomic E-state index is 12.9. The lowest BCUT2D eigenvalue weighted by atomic mass is 9.69. The van der Waals surface area contributed by atoms with Gasteiger partial charge >= 0.3 is 11.6 Å². The second-order valence-corrected chi connectivity index (χ2v) is 11.1. The number of nitrogens with one attached hydrogen (secondary N) is 2. The lowest BCUT2D eigenvalue weighted by Crippen LogP contribution is -2.36. The monoisotopic (exact) mass is 526 g/mol. The quantitative estimate of drug-likeness (QED) is 0.242. The van der Waals surface area contributed by atoms with E-state index >= 15 is 0 Å². The van der Waals surface area contributed by atoms with E-state index in [1.54, 1.807) is 31.2 Å². The number of thiocarbonyl (C=S) groups is 1. The summed E-state index contributed by atoms with van der Waals surface area (Å²) in [6.45, 7) is 8.81. The van der Waals surface area contributed by atoms with Gasteiger partial charge in [-0.3, -0.25) is 10.1 Å². The van der Waals surface area contributed by atoms with Crippen LogP contribution < -0.4 is 16.3 Å². The van der Waals surface area contributed by atoms with Crippen molar-refractivity contribution in [2.75, 3.05) is 11.9 Å². The number of thiophene rings is 1. The molecule has 0 unspecified atom stereocenters. The van der Waals surface area contributed by atoms with Crippen molar-refractivity contribution in [1.82, 2.24) is 5.32 Å². The van der Waals surface area contributed by atoms with E-state index < -0.39 is 17.5 Å². The number of carbonyl (C=O) groups excluding carboxylic acids is 2. The lowest BCUT2D eigenvalue weighted by Gasteiger charge is -2.36. The summed E-state index contributed by atoms with van der Waals surface area (Å²) >= 11 is 6.85. The maximum Gasteiger partial charge on any atom is 0.349 e. The first-order valence-corrected chi connectivity index (χ1v) is 13.3. The fourth-order valence-corrected chi connectivity index (χ4v) is 6.15. The molecule has 2 N–H and O–H groups in total. The van der Waals surface area contributed by atoms with Crippen LogP contribution >= 0.6 is 23.6 Å². The van der Waals surface area contributed by atoms with Crippen LogP contribution in [-0.2, 0) is 17.6 Å². The first kappa shape index (κ1) is 26.0. The number of benzene rings is 1. The van der Waals surface area contributed by atoms with E-state index in [0.717, 1.165) is 36.1 Å². The summed E-state index contributed by atoms with van der Waals surface area (Å²) in [5.41, 5.74) is 1.16. The molecule has 0 radical (unpaired) electrons. The Balaban J connectivity index is 1.57. The Kier molecular flexibility index (Phi) is 7.61. The van der Waals surface area contributed by atoms with E-state index in [1.165, 1.54) is 17.4 Å².